The lowest BCUT2D eigenvalue weighted by atomic mass is 10.1. The average Bonchev–Trinajstić information content (AvgIpc) is 2.52. The van der Waals surface area contributed by atoms with E-state index in [9.17, 15) is 0 Å². The van der Waals surface area contributed by atoms with Crippen molar-refractivity contribution in [3.05, 3.63) is 11.8 Å². The summed E-state index contributed by atoms with van der Waals surface area (Å²) in [5.41, 5.74) is 2.60. The molecule has 0 unspecified atom stereocenters. The molecule has 1 aliphatic heterocycles. The van der Waals surface area contributed by atoms with Crippen molar-refractivity contribution in [2.24, 2.45) is 0 Å². The van der Waals surface area contributed by atoms with Gasteiger partial charge in [-0.1, -0.05) is 63.4 Å². The first-order valence-corrected chi connectivity index (χ1v) is 10.8. The summed E-state index contributed by atoms with van der Waals surface area (Å²) in [7, 11) is -1.14. The third-order valence-electron chi connectivity index (χ3n) is 4.67. The predicted octanol–water partition coefficient (Wildman–Crippen LogP) is 4.79. The van der Waals surface area contributed by atoms with E-state index in [0.29, 0.717) is 0 Å². The fraction of sp³-hybridized carbons (Fsp3) is 0.875. The molecule has 0 aromatic carbocycles. The minimum Gasteiger partial charge on any atom is -0.306 e. The van der Waals surface area contributed by atoms with E-state index in [1.165, 1.54) is 69.9 Å². The lowest BCUT2D eigenvalue weighted by Crippen LogP contribution is -2.46. The molecule has 0 N–H and O–H groups in total. The first-order valence-electron chi connectivity index (χ1n) is 8.12. The largest absolute Gasteiger partial charge is 0.306 e. The molecule has 0 bridgehead atoms. The second-order valence-corrected chi connectivity index (χ2v) is 10.8. The van der Waals surface area contributed by atoms with Crippen LogP contribution in [0.25, 0.3) is 0 Å². The van der Waals surface area contributed by atoms with E-state index in [1.807, 2.05) is 0 Å². The van der Waals surface area contributed by atoms with Crippen LogP contribution in [0.15, 0.2) is 11.8 Å². The van der Waals surface area contributed by atoms with Crippen LogP contribution in [0.5, 0.6) is 0 Å². The van der Waals surface area contributed by atoms with Gasteiger partial charge in [-0.2, -0.15) is 0 Å². The highest BCUT2D eigenvalue weighted by molar-refractivity contribution is 6.84. The summed E-state index contributed by atoms with van der Waals surface area (Å²) in [4.78, 5) is 2.80. The fourth-order valence-corrected chi connectivity index (χ4v) is 6.65. The van der Waals surface area contributed by atoms with Gasteiger partial charge in [0.25, 0.3) is 0 Å². The Bertz CT molecular complexity index is 223. The second-order valence-electron chi connectivity index (χ2n) is 5.97. The summed E-state index contributed by atoms with van der Waals surface area (Å²) in [6.45, 7) is 9.72. The normalized spacial score (nSPS) is 20.6. The van der Waals surface area contributed by atoms with Crippen LogP contribution in [0.3, 0.4) is 0 Å². The Morgan fingerprint density at radius 2 is 1.39 bits per heavy atom. The van der Waals surface area contributed by atoms with E-state index in [1.54, 1.807) is 0 Å². The zero-order valence-electron chi connectivity index (χ0n) is 12.9. The van der Waals surface area contributed by atoms with Crippen LogP contribution in [0, 0.1) is 0 Å². The molecule has 106 valence electrons. The monoisotopic (exact) mass is 267 g/mol. The summed E-state index contributed by atoms with van der Waals surface area (Å²) in [5.74, 6) is 0. The molecule has 2 heteroatoms. The summed E-state index contributed by atoms with van der Waals surface area (Å²) >= 11 is 0. The Kier molecular flexibility index (Phi) is 7.92. The van der Waals surface area contributed by atoms with Crippen molar-refractivity contribution in [3.8, 4) is 0 Å². The van der Waals surface area contributed by atoms with E-state index in [-0.39, 0.29) is 0 Å². The average molecular weight is 268 g/mol. The Hall–Kier alpha value is -0.0831. The third kappa shape index (κ3) is 5.27. The molecule has 0 aromatic heterocycles. The topological polar surface area (TPSA) is 3.24 Å². The van der Waals surface area contributed by atoms with Crippen LogP contribution in [0.1, 0.15) is 59.3 Å². The second kappa shape index (κ2) is 8.92. The van der Waals surface area contributed by atoms with Crippen LogP contribution in [-0.4, -0.2) is 32.2 Å². The van der Waals surface area contributed by atoms with Crippen LogP contribution < -0.4 is 0 Å². The summed E-state index contributed by atoms with van der Waals surface area (Å²) in [6, 6.07) is 2.81. The van der Waals surface area contributed by atoms with Gasteiger partial charge in [-0.3, -0.25) is 0 Å². The van der Waals surface area contributed by atoms with Crippen LogP contribution >= 0.6 is 0 Å². The highest BCUT2D eigenvalue weighted by Gasteiger charge is 2.28. The van der Waals surface area contributed by atoms with Crippen LogP contribution in [-0.2, 0) is 0 Å². The molecule has 0 spiro atoms. The quantitative estimate of drug-likeness (QED) is 0.648. The van der Waals surface area contributed by atoms with Gasteiger partial charge in [0.05, 0.1) is 8.07 Å². The SMILES string of the molecule is CC=C[Si](CC)(CC)CN1CCCCCCCC1. The molecule has 0 atom stereocenters. The molecule has 0 saturated carbocycles. The van der Waals surface area contributed by atoms with Crippen molar-refractivity contribution in [2.45, 2.75) is 71.4 Å². The van der Waals surface area contributed by atoms with E-state index in [2.05, 4.69) is 37.4 Å². The fourth-order valence-electron chi connectivity index (χ4n) is 3.21. The van der Waals surface area contributed by atoms with Gasteiger partial charge in [-0.25, -0.2) is 0 Å². The maximum Gasteiger partial charge on any atom is 0.0912 e. The number of rotatable bonds is 5. The number of hydrogen-bond donors (Lipinski definition) is 0. The standard InChI is InChI=1S/C16H33NSi/c1-4-15-18(5-2,6-3)16-17-13-11-9-7-8-10-12-14-17/h4,15H,5-14,16H2,1-3H3. The summed E-state index contributed by atoms with van der Waals surface area (Å²) < 4.78 is 0. The number of nitrogens with zero attached hydrogens (tertiary/aromatic N) is 1. The van der Waals surface area contributed by atoms with Crippen molar-refractivity contribution in [1.82, 2.24) is 4.90 Å². The van der Waals surface area contributed by atoms with Gasteiger partial charge in [-0.15, -0.1) is 0 Å². The molecule has 0 radical (unpaired) electrons. The highest BCUT2D eigenvalue weighted by atomic mass is 28.3. The maximum absolute atomic E-state index is 2.80. The van der Waals surface area contributed by atoms with Crippen molar-refractivity contribution >= 4 is 8.07 Å². The Morgan fingerprint density at radius 3 is 1.83 bits per heavy atom. The molecule has 1 rings (SSSR count). The van der Waals surface area contributed by atoms with Gasteiger partial charge >= 0.3 is 0 Å². The molecular formula is C16H33NSi. The van der Waals surface area contributed by atoms with E-state index >= 15 is 0 Å². The zero-order valence-corrected chi connectivity index (χ0v) is 13.9. The van der Waals surface area contributed by atoms with Crippen molar-refractivity contribution in [2.75, 3.05) is 19.3 Å². The highest BCUT2D eigenvalue weighted by Crippen LogP contribution is 2.20. The smallest absolute Gasteiger partial charge is 0.0912 e. The van der Waals surface area contributed by atoms with Crippen LogP contribution in [0.2, 0.25) is 12.1 Å². The molecule has 18 heavy (non-hydrogen) atoms. The van der Waals surface area contributed by atoms with E-state index in [4.69, 9.17) is 0 Å². The zero-order chi connectivity index (χ0) is 13.3. The minimum atomic E-state index is -1.14. The Labute approximate surface area is 116 Å². The van der Waals surface area contributed by atoms with Gasteiger partial charge in [0, 0.05) is 0 Å². The predicted molar refractivity (Wildman–Crippen MR) is 85.7 cm³/mol. The molecule has 1 nitrogen and oxygen atoms in total. The molecule has 1 aliphatic rings. The van der Waals surface area contributed by atoms with Gasteiger partial charge < -0.3 is 4.90 Å². The van der Waals surface area contributed by atoms with E-state index in [0.717, 1.165) is 0 Å². The minimum absolute atomic E-state index is 1.14. The van der Waals surface area contributed by atoms with Crippen molar-refractivity contribution in [1.29, 1.82) is 0 Å². The molecule has 1 heterocycles. The molecule has 0 aliphatic carbocycles. The lowest BCUT2D eigenvalue weighted by Gasteiger charge is -2.33. The Balaban J connectivity index is 2.59. The lowest BCUT2D eigenvalue weighted by molar-refractivity contribution is 0.305. The molecule has 0 amide bonds. The number of allylic oxidation sites excluding steroid dienone is 1. The molecule has 0 aromatic rings. The third-order valence-corrected chi connectivity index (χ3v) is 9.60. The van der Waals surface area contributed by atoms with E-state index < -0.39 is 8.07 Å². The Morgan fingerprint density at radius 1 is 0.889 bits per heavy atom. The maximum atomic E-state index is 2.80. The van der Waals surface area contributed by atoms with Gasteiger partial charge in [-0.05, 0) is 39.0 Å². The first-order chi connectivity index (χ1) is 8.76. The van der Waals surface area contributed by atoms with Crippen LogP contribution in [0.4, 0.5) is 0 Å². The van der Waals surface area contributed by atoms with Crippen molar-refractivity contribution in [3.63, 3.8) is 0 Å². The molecular weight excluding hydrogens is 234 g/mol. The van der Waals surface area contributed by atoms with Crippen molar-refractivity contribution < 1.29 is 0 Å². The van der Waals surface area contributed by atoms with Gasteiger partial charge in [0.2, 0.25) is 0 Å². The number of hydrogen-bond acceptors (Lipinski definition) is 1. The van der Waals surface area contributed by atoms with Gasteiger partial charge in [0.15, 0.2) is 0 Å². The summed E-state index contributed by atoms with van der Waals surface area (Å²) in [5, 5.41) is 0. The summed E-state index contributed by atoms with van der Waals surface area (Å²) in [6.07, 6.45) is 12.4. The first kappa shape index (κ1) is 16.0. The van der Waals surface area contributed by atoms with Gasteiger partial charge in [0.1, 0.15) is 0 Å². The molecule has 1 saturated heterocycles. The molecule has 1 fully saturated rings.